The summed E-state index contributed by atoms with van der Waals surface area (Å²) in [6, 6.07) is 0.664. The first-order valence-corrected chi connectivity index (χ1v) is 7.28. The van der Waals surface area contributed by atoms with Crippen molar-refractivity contribution < 1.29 is 4.74 Å². The fourth-order valence-electron chi connectivity index (χ4n) is 3.65. The molecule has 2 aliphatic rings. The molecule has 2 aliphatic heterocycles. The van der Waals surface area contributed by atoms with E-state index in [4.69, 9.17) is 10.5 Å². The zero-order chi connectivity index (χ0) is 13.2. The van der Waals surface area contributed by atoms with Gasteiger partial charge in [0.25, 0.3) is 0 Å². The van der Waals surface area contributed by atoms with Gasteiger partial charge in [0.15, 0.2) is 0 Å². The predicted octanol–water partition coefficient (Wildman–Crippen LogP) is 0.766. The number of hydrogen-bond acceptors (Lipinski definition) is 4. The molecule has 106 valence electrons. The summed E-state index contributed by atoms with van der Waals surface area (Å²) in [7, 11) is 4.38. The normalized spacial score (nSPS) is 39.2. The van der Waals surface area contributed by atoms with Crippen LogP contribution in [0.1, 0.15) is 26.2 Å². The molecule has 2 N–H and O–H groups in total. The Morgan fingerprint density at radius 3 is 2.67 bits per heavy atom. The topological polar surface area (TPSA) is 41.7 Å². The Kier molecular flexibility index (Phi) is 4.64. The molecule has 2 fully saturated rings. The maximum atomic E-state index is 6.14. The number of likely N-dealkylation sites (N-methyl/N-ethyl adjacent to an activating group) is 1. The second-order valence-corrected chi connectivity index (χ2v) is 6.31. The first kappa shape index (κ1) is 14.3. The molecular formula is C14H29N3O. The van der Waals surface area contributed by atoms with Gasteiger partial charge in [0.2, 0.25) is 0 Å². The lowest BCUT2D eigenvalue weighted by atomic mass is 9.89. The van der Waals surface area contributed by atoms with E-state index in [9.17, 15) is 0 Å². The highest BCUT2D eigenvalue weighted by Gasteiger charge is 2.43. The standard InChI is InChI=1S/C14H29N3O/c1-12-9-17(10-13(12)16(2)3)14(11-15)5-4-7-18-8-6-14/h12-13H,4-11,15H2,1-3H3. The van der Waals surface area contributed by atoms with E-state index < -0.39 is 0 Å². The van der Waals surface area contributed by atoms with E-state index in [0.717, 1.165) is 45.1 Å². The number of nitrogens with two attached hydrogens (primary N) is 1. The highest BCUT2D eigenvalue weighted by Crippen LogP contribution is 2.33. The largest absolute Gasteiger partial charge is 0.381 e. The quantitative estimate of drug-likeness (QED) is 0.809. The van der Waals surface area contributed by atoms with Crippen molar-refractivity contribution in [2.75, 3.05) is 46.9 Å². The minimum Gasteiger partial charge on any atom is -0.381 e. The summed E-state index contributed by atoms with van der Waals surface area (Å²) < 4.78 is 5.62. The molecule has 0 saturated carbocycles. The molecule has 0 aromatic rings. The van der Waals surface area contributed by atoms with Gasteiger partial charge in [-0.25, -0.2) is 0 Å². The number of likely N-dealkylation sites (tertiary alicyclic amines) is 1. The highest BCUT2D eigenvalue weighted by molar-refractivity contribution is 4.99. The number of hydrogen-bond donors (Lipinski definition) is 1. The average Bonchev–Trinajstić information content (AvgIpc) is 2.61. The second kappa shape index (κ2) is 5.87. The first-order chi connectivity index (χ1) is 8.59. The monoisotopic (exact) mass is 255 g/mol. The van der Waals surface area contributed by atoms with Crippen LogP contribution >= 0.6 is 0 Å². The molecule has 0 aromatic heterocycles. The van der Waals surface area contributed by atoms with E-state index in [1.54, 1.807) is 0 Å². The van der Waals surface area contributed by atoms with Crippen LogP contribution < -0.4 is 5.73 Å². The Balaban J connectivity index is 2.08. The number of rotatable bonds is 3. The van der Waals surface area contributed by atoms with Crippen molar-refractivity contribution in [2.24, 2.45) is 11.7 Å². The molecule has 2 saturated heterocycles. The molecule has 4 heteroatoms. The minimum absolute atomic E-state index is 0.190. The fourth-order valence-corrected chi connectivity index (χ4v) is 3.65. The summed E-state index contributed by atoms with van der Waals surface area (Å²) in [6.07, 6.45) is 3.43. The fraction of sp³-hybridized carbons (Fsp3) is 1.00. The van der Waals surface area contributed by atoms with E-state index >= 15 is 0 Å². The Morgan fingerprint density at radius 2 is 2.06 bits per heavy atom. The van der Waals surface area contributed by atoms with E-state index in [1.165, 1.54) is 13.0 Å². The molecule has 0 aliphatic carbocycles. The van der Waals surface area contributed by atoms with Crippen LogP contribution in [0.4, 0.5) is 0 Å². The van der Waals surface area contributed by atoms with E-state index in [-0.39, 0.29) is 5.54 Å². The van der Waals surface area contributed by atoms with E-state index in [1.807, 2.05) is 0 Å². The van der Waals surface area contributed by atoms with Crippen LogP contribution in [-0.2, 0) is 4.74 Å². The number of ether oxygens (including phenoxy) is 1. The maximum Gasteiger partial charge on any atom is 0.0484 e. The van der Waals surface area contributed by atoms with Crippen molar-refractivity contribution in [1.29, 1.82) is 0 Å². The van der Waals surface area contributed by atoms with Crippen LogP contribution in [-0.4, -0.2) is 68.3 Å². The molecule has 0 spiro atoms. The van der Waals surface area contributed by atoms with Crippen molar-refractivity contribution in [2.45, 2.75) is 37.8 Å². The zero-order valence-electron chi connectivity index (χ0n) is 12.2. The SMILES string of the molecule is CC1CN(C2(CN)CCCOCC2)CC1N(C)C. The van der Waals surface area contributed by atoms with E-state index in [2.05, 4.69) is 30.8 Å². The lowest BCUT2D eigenvalue weighted by molar-refractivity contribution is 0.0811. The van der Waals surface area contributed by atoms with Gasteiger partial charge < -0.3 is 15.4 Å². The Labute approximate surface area is 111 Å². The third kappa shape index (κ3) is 2.72. The number of nitrogens with zero attached hydrogens (tertiary/aromatic N) is 2. The minimum atomic E-state index is 0.190. The van der Waals surface area contributed by atoms with Crippen molar-refractivity contribution in [3.05, 3.63) is 0 Å². The second-order valence-electron chi connectivity index (χ2n) is 6.31. The van der Waals surface area contributed by atoms with Gasteiger partial charge in [-0.1, -0.05) is 6.92 Å². The Hall–Kier alpha value is -0.160. The first-order valence-electron chi connectivity index (χ1n) is 7.28. The Morgan fingerprint density at radius 1 is 1.28 bits per heavy atom. The predicted molar refractivity (Wildman–Crippen MR) is 74.7 cm³/mol. The summed E-state index contributed by atoms with van der Waals surface area (Å²) in [5.74, 6) is 0.729. The molecule has 4 nitrogen and oxygen atoms in total. The van der Waals surface area contributed by atoms with Gasteiger partial charge in [0.1, 0.15) is 0 Å². The molecule has 0 amide bonds. The van der Waals surface area contributed by atoms with Crippen molar-refractivity contribution >= 4 is 0 Å². The lowest BCUT2D eigenvalue weighted by Gasteiger charge is -2.41. The van der Waals surface area contributed by atoms with Gasteiger partial charge in [0.05, 0.1) is 0 Å². The maximum absolute atomic E-state index is 6.14. The van der Waals surface area contributed by atoms with Crippen molar-refractivity contribution in [3.63, 3.8) is 0 Å². The summed E-state index contributed by atoms with van der Waals surface area (Å²) in [5.41, 5.74) is 6.33. The molecule has 0 radical (unpaired) electrons. The summed E-state index contributed by atoms with van der Waals surface area (Å²) in [6.45, 7) is 7.24. The smallest absolute Gasteiger partial charge is 0.0484 e. The van der Waals surface area contributed by atoms with Crippen LogP contribution in [0.2, 0.25) is 0 Å². The molecule has 0 bridgehead atoms. The molecule has 2 rings (SSSR count). The van der Waals surface area contributed by atoms with Crippen molar-refractivity contribution in [1.82, 2.24) is 9.80 Å². The van der Waals surface area contributed by atoms with Crippen LogP contribution in [0.5, 0.6) is 0 Å². The van der Waals surface area contributed by atoms with Gasteiger partial charge >= 0.3 is 0 Å². The molecule has 3 atom stereocenters. The third-order valence-corrected chi connectivity index (χ3v) is 4.93. The van der Waals surface area contributed by atoms with Crippen molar-refractivity contribution in [3.8, 4) is 0 Å². The van der Waals surface area contributed by atoms with Gasteiger partial charge in [-0.2, -0.15) is 0 Å². The lowest BCUT2D eigenvalue weighted by Crippen LogP contribution is -2.53. The Bertz CT molecular complexity index is 262. The van der Waals surface area contributed by atoms with Crippen LogP contribution in [0.15, 0.2) is 0 Å². The van der Waals surface area contributed by atoms with Gasteiger partial charge in [-0.15, -0.1) is 0 Å². The summed E-state index contributed by atoms with van der Waals surface area (Å²) in [5, 5.41) is 0. The van der Waals surface area contributed by atoms with Crippen LogP contribution in [0.3, 0.4) is 0 Å². The van der Waals surface area contributed by atoms with Crippen LogP contribution in [0, 0.1) is 5.92 Å². The molecule has 0 aromatic carbocycles. The van der Waals surface area contributed by atoms with E-state index in [0.29, 0.717) is 6.04 Å². The molecule has 18 heavy (non-hydrogen) atoms. The van der Waals surface area contributed by atoms with Gasteiger partial charge in [-0.3, -0.25) is 4.90 Å². The zero-order valence-corrected chi connectivity index (χ0v) is 12.2. The highest BCUT2D eigenvalue weighted by atomic mass is 16.5. The molecular weight excluding hydrogens is 226 g/mol. The summed E-state index contributed by atoms with van der Waals surface area (Å²) >= 11 is 0. The summed E-state index contributed by atoms with van der Waals surface area (Å²) in [4.78, 5) is 5.01. The third-order valence-electron chi connectivity index (χ3n) is 4.93. The van der Waals surface area contributed by atoms with Gasteiger partial charge in [-0.05, 0) is 39.3 Å². The van der Waals surface area contributed by atoms with Gasteiger partial charge in [0, 0.05) is 44.4 Å². The molecule has 3 unspecified atom stereocenters. The van der Waals surface area contributed by atoms with Crippen LogP contribution in [0.25, 0.3) is 0 Å². The molecule has 2 heterocycles. The average molecular weight is 255 g/mol.